The lowest BCUT2D eigenvalue weighted by Crippen LogP contribution is -2.51. The highest BCUT2D eigenvalue weighted by molar-refractivity contribution is 6.47. The van der Waals surface area contributed by atoms with Gasteiger partial charge in [-0.05, 0) is 37.8 Å². The predicted octanol–water partition coefficient (Wildman–Crippen LogP) is 3.39. The highest BCUT2D eigenvalue weighted by atomic mass is 16.6. The van der Waals surface area contributed by atoms with Crippen LogP contribution in [0.4, 0.5) is 5.69 Å². The van der Waals surface area contributed by atoms with E-state index in [0.717, 1.165) is 37.7 Å². The second kappa shape index (κ2) is 8.06. The molecule has 0 bridgehead atoms. The monoisotopic (exact) mass is 419 g/mol. The van der Waals surface area contributed by atoms with Gasteiger partial charge in [0.2, 0.25) is 5.91 Å². The maximum Gasteiger partial charge on any atom is 0.275 e. The van der Waals surface area contributed by atoms with E-state index in [-0.39, 0.29) is 18.4 Å². The number of hydrogen-bond acceptors (Lipinski definition) is 5. The van der Waals surface area contributed by atoms with Crippen molar-refractivity contribution in [2.75, 3.05) is 25.1 Å². The van der Waals surface area contributed by atoms with Crippen LogP contribution in [0.25, 0.3) is 0 Å². The Kier molecular flexibility index (Phi) is 5.10. The number of rotatable bonds is 4. The number of carbonyl (C=O) groups is 2. The van der Waals surface area contributed by atoms with Gasteiger partial charge in [-0.25, -0.2) is 0 Å². The van der Waals surface area contributed by atoms with Crippen LogP contribution in [0.15, 0.2) is 53.5 Å². The Morgan fingerprint density at radius 2 is 1.74 bits per heavy atom. The number of fused-ring (bicyclic) bond motifs is 1. The van der Waals surface area contributed by atoms with Crippen molar-refractivity contribution < 1.29 is 19.1 Å². The Morgan fingerprint density at radius 1 is 1.00 bits per heavy atom. The minimum Gasteiger partial charge on any atom is -0.486 e. The molecule has 31 heavy (non-hydrogen) atoms. The van der Waals surface area contributed by atoms with Crippen molar-refractivity contribution in [3.63, 3.8) is 0 Å². The van der Waals surface area contributed by atoms with Crippen molar-refractivity contribution >= 4 is 23.2 Å². The maximum absolute atomic E-state index is 13.3. The van der Waals surface area contributed by atoms with Gasteiger partial charge in [0.1, 0.15) is 31.1 Å². The first-order valence-corrected chi connectivity index (χ1v) is 10.8. The third-order valence-corrected chi connectivity index (χ3v) is 6.10. The van der Waals surface area contributed by atoms with Crippen molar-refractivity contribution in [3.05, 3.63) is 54.1 Å². The number of nitrogens with one attached hydrogen (secondary N) is 1. The Hall–Kier alpha value is -3.35. The van der Waals surface area contributed by atoms with Gasteiger partial charge in [-0.15, -0.1) is 0 Å². The van der Waals surface area contributed by atoms with Crippen molar-refractivity contribution in [1.82, 2.24) is 4.90 Å². The second-order valence-corrected chi connectivity index (χ2v) is 8.17. The Bertz CT molecular complexity index is 1030. The molecular formula is C24H25N3O4. The molecule has 1 aliphatic carbocycles. The van der Waals surface area contributed by atoms with E-state index in [1.807, 2.05) is 30.3 Å². The molecule has 2 heterocycles. The van der Waals surface area contributed by atoms with Crippen LogP contribution in [-0.2, 0) is 9.59 Å². The van der Waals surface area contributed by atoms with Crippen molar-refractivity contribution in [2.45, 2.75) is 37.8 Å². The third-order valence-electron chi connectivity index (χ3n) is 6.10. The molecule has 2 aromatic carbocycles. The molecule has 3 aliphatic rings. The van der Waals surface area contributed by atoms with Crippen molar-refractivity contribution in [1.29, 1.82) is 0 Å². The summed E-state index contributed by atoms with van der Waals surface area (Å²) in [5.41, 5.74) is 1.24. The first kappa shape index (κ1) is 19.6. The number of aliphatic imine (C=N–C) groups is 1. The minimum absolute atomic E-state index is 0.0346. The molecule has 5 rings (SSSR count). The number of carbonyl (C=O) groups excluding carboxylic acids is 2. The average Bonchev–Trinajstić information content (AvgIpc) is 3.06. The Morgan fingerprint density at radius 3 is 2.52 bits per heavy atom. The zero-order valence-corrected chi connectivity index (χ0v) is 17.3. The zero-order chi connectivity index (χ0) is 21.3. The van der Waals surface area contributed by atoms with Gasteiger partial charge in [-0.1, -0.05) is 36.8 Å². The third kappa shape index (κ3) is 3.76. The average molecular weight is 419 g/mol. The zero-order valence-electron chi connectivity index (χ0n) is 17.3. The summed E-state index contributed by atoms with van der Waals surface area (Å²) < 4.78 is 11.1. The molecule has 1 fully saturated rings. The van der Waals surface area contributed by atoms with E-state index < -0.39 is 5.66 Å². The van der Waals surface area contributed by atoms with Crippen LogP contribution in [-0.4, -0.2) is 47.8 Å². The SMILES string of the molecule is O=C(CN1C(=O)C(c2ccccc2)=NC12CCCCC2)Nc1ccc2c(c1)OCCO2. The van der Waals surface area contributed by atoms with E-state index in [1.165, 1.54) is 0 Å². The maximum atomic E-state index is 13.3. The highest BCUT2D eigenvalue weighted by Crippen LogP contribution is 2.39. The smallest absolute Gasteiger partial charge is 0.275 e. The summed E-state index contributed by atoms with van der Waals surface area (Å²) in [4.78, 5) is 32.8. The van der Waals surface area contributed by atoms with Crippen LogP contribution in [0.2, 0.25) is 0 Å². The molecule has 7 nitrogen and oxygen atoms in total. The summed E-state index contributed by atoms with van der Waals surface area (Å²) in [7, 11) is 0. The first-order chi connectivity index (χ1) is 15.1. The number of amides is 2. The fourth-order valence-electron chi connectivity index (χ4n) is 4.60. The molecule has 1 spiro atoms. The van der Waals surface area contributed by atoms with Crippen LogP contribution in [0.3, 0.4) is 0 Å². The van der Waals surface area contributed by atoms with Crippen LogP contribution in [0.1, 0.15) is 37.7 Å². The van der Waals surface area contributed by atoms with Crippen molar-refractivity contribution in [2.24, 2.45) is 4.99 Å². The Balaban J connectivity index is 1.36. The van der Waals surface area contributed by atoms with E-state index in [4.69, 9.17) is 14.5 Å². The van der Waals surface area contributed by atoms with E-state index in [2.05, 4.69) is 5.32 Å². The molecule has 2 amide bonds. The molecule has 0 atom stereocenters. The van der Waals surface area contributed by atoms with E-state index in [9.17, 15) is 9.59 Å². The van der Waals surface area contributed by atoms with Gasteiger partial charge >= 0.3 is 0 Å². The molecule has 2 aliphatic heterocycles. The number of ether oxygens (including phenoxy) is 2. The molecule has 2 aromatic rings. The molecule has 7 heteroatoms. The number of hydrogen-bond donors (Lipinski definition) is 1. The van der Waals surface area contributed by atoms with Gasteiger partial charge in [0, 0.05) is 17.3 Å². The largest absolute Gasteiger partial charge is 0.486 e. The number of anilines is 1. The highest BCUT2D eigenvalue weighted by Gasteiger charge is 2.48. The van der Waals surface area contributed by atoms with Crippen LogP contribution >= 0.6 is 0 Å². The fraction of sp³-hybridized carbons (Fsp3) is 0.375. The second-order valence-electron chi connectivity index (χ2n) is 8.17. The van der Waals surface area contributed by atoms with Gasteiger partial charge in [-0.3, -0.25) is 14.6 Å². The lowest BCUT2D eigenvalue weighted by atomic mass is 9.88. The molecule has 0 unspecified atom stereocenters. The van der Waals surface area contributed by atoms with Gasteiger partial charge in [0.05, 0.1) is 0 Å². The molecule has 0 aromatic heterocycles. The minimum atomic E-state index is -0.620. The topological polar surface area (TPSA) is 80.2 Å². The van der Waals surface area contributed by atoms with Gasteiger partial charge in [0.15, 0.2) is 11.5 Å². The van der Waals surface area contributed by atoms with E-state index in [0.29, 0.717) is 36.1 Å². The molecule has 1 N–H and O–H groups in total. The molecule has 0 radical (unpaired) electrons. The van der Waals surface area contributed by atoms with Crippen LogP contribution < -0.4 is 14.8 Å². The summed E-state index contributed by atoms with van der Waals surface area (Å²) in [6, 6.07) is 14.8. The standard InChI is InChI=1S/C24H25N3O4/c28-21(25-18-9-10-19-20(15-18)31-14-13-30-19)16-27-23(29)22(17-7-3-1-4-8-17)26-24(27)11-5-2-6-12-24/h1,3-4,7-10,15H,2,5-6,11-14,16H2,(H,25,28). The number of benzene rings is 2. The molecule has 160 valence electrons. The van der Waals surface area contributed by atoms with Crippen LogP contribution in [0.5, 0.6) is 11.5 Å². The summed E-state index contributed by atoms with van der Waals surface area (Å²) in [6.07, 6.45) is 4.69. The first-order valence-electron chi connectivity index (χ1n) is 10.8. The molecule has 1 saturated carbocycles. The van der Waals surface area contributed by atoms with Crippen molar-refractivity contribution in [3.8, 4) is 11.5 Å². The molecular weight excluding hydrogens is 394 g/mol. The lowest BCUT2D eigenvalue weighted by Gasteiger charge is -2.38. The Labute approximate surface area is 181 Å². The molecule has 0 saturated heterocycles. The fourth-order valence-corrected chi connectivity index (χ4v) is 4.60. The summed E-state index contributed by atoms with van der Waals surface area (Å²) >= 11 is 0. The van der Waals surface area contributed by atoms with Gasteiger partial charge in [-0.2, -0.15) is 0 Å². The quantitative estimate of drug-likeness (QED) is 0.824. The number of nitrogens with zero attached hydrogens (tertiary/aromatic N) is 2. The van der Waals surface area contributed by atoms with E-state index >= 15 is 0 Å². The lowest BCUT2D eigenvalue weighted by molar-refractivity contribution is -0.134. The van der Waals surface area contributed by atoms with Crippen LogP contribution in [0, 0.1) is 0 Å². The van der Waals surface area contributed by atoms with Gasteiger partial charge in [0.25, 0.3) is 5.91 Å². The predicted molar refractivity (Wildman–Crippen MR) is 117 cm³/mol. The normalized spacial score (nSPS) is 19.3. The summed E-state index contributed by atoms with van der Waals surface area (Å²) in [6.45, 7) is 0.962. The summed E-state index contributed by atoms with van der Waals surface area (Å²) in [5.74, 6) is 0.852. The summed E-state index contributed by atoms with van der Waals surface area (Å²) in [5, 5.41) is 2.90. The van der Waals surface area contributed by atoms with E-state index in [1.54, 1.807) is 23.1 Å². The van der Waals surface area contributed by atoms with Gasteiger partial charge < -0.3 is 19.7 Å².